The predicted octanol–water partition coefficient (Wildman–Crippen LogP) is 5.17. The van der Waals surface area contributed by atoms with Crippen molar-refractivity contribution in [2.45, 2.75) is 6.92 Å². The molecule has 0 N–H and O–H groups in total. The summed E-state index contributed by atoms with van der Waals surface area (Å²) in [5, 5.41) is 2.82. The van der Waals surface area contributed by atoms with Crippen LogP contribution in [0.2, 0.25) is 5.02 Å². The molecule has 3 rings (SSSR count). The molecule has 0 atom stereocenters. The highest BCUT2D eigenvalue weighted by atomic mass is 35.5. The molecule has 4 heteroatoms. The Kier molecular flexibility index (Phi) is 3.52. The van der Waals surface area contributed by atoms with Crippen LogP contribution >= 0.6 is 11.6 Å². The molecule has 0 amide bonds. The lowest BCUT2D eigenvalue weighted by atomic mass is 10.1. The summed E-state index contributed by atoms with van der Waals surface area (Å²) < 4.78 is 11.2. The molecule has 1 heterocycles. The van der Waals surface area contributed by atoms with Gasteiger partial charge >= 0.3 is 0 Å². The Morgan fingerprint density at radius 1 is 1.19 bits per heavy atom. The summed E-state index contributed by atoms with van der Waals surface area (Å²) in [6.07, 6.45) is 1.75. The van der Waals surface area contributed by atoms with Crippen molar-refractivity contribution in [2.24, 2.45) is 0 Å². The maximum absolute atomic E-state index is 6.25. The van der Waals surface area contributed by atoms with Gasteiger partial charge in [0.15, 0.2) is 0 Å². The molecule has 3 nitrogen and oxygen atoms in total. The van der Waals surface area contributed by atoms with Crippen molar-refractivity contribution in [1.82, 2.24) is 0 Å². The number of benzene rings is 2. The van der Waals surface area contributed by atoms with Crippen LogP contribution in [0.25, 0.3) is 10.8 Å². The molecular weight excluding hydrogens is 286 g/mol. The Morgan fingerprint density at radius 2 is 1.95 bits per heavy atom. The van der Waals surface area contributed by atoms with Gasteiger partial charge in [0.25, 0.3) is 0 Å². The molecule has 0 fully saturated rings. The summed E-state index contributed by atoms with van der Waals surface area (Å²) in [7, 11) is 3.59. The molecule has 0 spiro atoms. The van der Waals surface area contributed by atoms with Crippen LogP contribution in [0.5, 0.6) is 5.75 Å². The lowest BCUT2D eigenvalue weighted by molar-refractivity contribution is 0.414. The van der Waals surface area contributed by atoms with Crippen LogP contribution in [0.3, 0.4) is 0 Å². The number of ether oxygens (including phenoxy) is 1. The van der Waals surface area contributed by atoms with E-state index in [2.05, 4.69) is 0 Å². The Hall–Kier alpha value is -2.13. The van der Waals surface area contributed by atoms with E-state index < -0.39 is 0 Å². The lowest BCUT2D eigenvalue weighted by Crippen LogP contribution is -2.10. The Balaban J connectivity index is 2.14. The van der Waals surface area contributed by atoms with E-state index in [0.29, 0.717) is 5.02 Å². The quantitative estimate of drug-likeness (QED) is 0.667. The minimum atomic E-state index is 0.702. The van der Waals surface area contributed by atoms with Gasteiger partial charge in [-0.25, -0.2) is 0 Å². The van der Waals surface area contributed by atoms with Crippen molar-refractivity contribution in [3.63, 3.8) is 0 Å². The summed E-state index contributed by atoms with van der Waals surface area (Å²) in [6, 6.07) is 11.9. The molecule has 108 valence electrons. The summed E-state index contributed by atoms with van der Waals surface area (Å²) in [6.45, 7) is 1.96. The summed E-state index contributed by atoms with van der Waals surface area (Å²) in [5.74, 6) is 1.53. The minimum absolute atomic E-state index is 0.702. The number of furan rings is 1. The normalized spacial score (nSPS) is 10.9. The number of methoxy groups -OCH3 is 1. The summed E-state index contributed by atoms with van der Waals surface area (Å²) >= 11 is 6.25. The molecule has 2 aromatic carbocycles. The molecule has 1 aromatic heterocycles. The smallest absolute Gasteiger partial charge is 0.207 e. The lowest BCUT2D eigenvalue weighted by Gasteiger charge is -2.20. The van der Waals surface area contributed by atoms with E-state index in [0.717, 1.165) is 33.7 Å². The van der Waals surface area contributed by atoms with Gasteiger partial charge in [-0.2, -0.15) is 0 Å². The first kappa shape index (κ1) is 13.8. The third kappa shape index (κ3) is 2.34. The average molecular weight is 302 g/mol. The Labute approximate surface area is 128 Å². The van der Waals surface area contributed by atoms with Gasteiger partial charge in [0.1, 0.15) is 12.0 Å². The van der Waals surface area contributed by atoms with E-state index in [1.54, 1.807) is 13.4 Å². The van der Waals surface area contributed by atoms with Crippen LogP contribution in [0, 0.1) is 6.92 Å². The van der Waals surface area contributed by atoms with Crippen molar-refractivity contribution in [2.75, 3.05) is 19.1 Å². The highest BCUT2D eigenvalue weighted by Gasteiger charge is 2.17. The van der Waals surface area contributed by atoms with Crippen LogP contribution < -0.4 is 9.64 Å². The van der Waals surface area contributed by atoms with Crippen molar-refractivity contribution >= 4 is 33.9 Å². The van der Waals surface area contributed by atoms with E-state index in [9.17, 15) is 0 Å². The average Bonchev–Trinajstić information content (AvgIpc) is 2.92. The highest BCUT2D eigenvalue weighted by molar-refractivity contribution is 6.31. The van der Waals surface area contributed by atoms with E-state index in [-0.39, 0.29) is 0 Å². The maximum atomic E-state index is 6.25. The number of rotatable bonds is 3. The van der Waals surface area contributed by atoms with Crippen LogP contribution in [0.15, 0.2) is 47.1 Å². The van der Waals surface area contributed by atoms with Gasteiger partial charge in [0.2, 0.25) is 5.88 Å². The van der Waals surface area contributed by atoms with Crippen LogP contribution in [-0.2, 0) is 0 Å². The van der Waals surface area contributed by atoms with Gasteiger partial charge in [-0.3, -0.25) is 0 Å². The molecule has 0 radical (unpaired) electrons. The second-order valence-electron chi connectivity index (χ2n) is 4.96. The first-order chi connectivity index (χ1) is 10.1. The van der Waals surface area contributed by atoms with E-state index >= 15 is 0 Å². The van der Waals surface area contributed by atoms with Crippen molar-refractivity contribution in [3.8, 4) is 5.75 Å². The topological polar surface area (TPSA) is 25.6 Å². The Bertz CT molecular complexity index is 795. The highest BCUT2D eigenvalue weighted by Crippen LogP contribution is 2.39. The molecule has 21 heavy (non-hydrogen) atoms. The molecule has 0 aliphatic heterocycles. The van der Waals surface area contributed by atoms with Gasteiger partial charge in [-0.1, -0.05) is 29.8 Å². The third-order valence-electron chi connectivity index (χ3n) is 3.61. The number of aryl methyl sites for hydroxylation is 1. The van der Waals surface area contributed by atoms with Crippen LogP contribution in [-0.4, -0.2) is 14.2 Å². The van der Waals surface area contributed by atoms with Crippen LogP contribution in [0.1, 0.15) is 5.56 Å². The van der Waals surface area contributed by atoms with Gasteiger partial charge in [0, 0.05) is 22.8 Å². The zero-order valence-corrected chi connectivity index (χ0v) is 12.9. The fourth-order valence-electron chi connectivity index (χ4n) is 2.42. The minimum Gasteiger partial charge on any atom is -0.495 e. The standard InChI is InChI=1S/C17H16ClNO2/c1-11-8-16(20-3)15(9-14(11)18)19(2)17-13-7-5-4-6-12(13)10-21-17/h4-10H,1-3H3. The van der Waals surface area contributed by atoms with Crippen molar-refractivity contribution in [3.05, 3.63) is 53.2 Å². The number of halogens is 1. The molecule has 0 aliphatic carbocycles. The molecule has 0 saturated carbocycles. The zero-order chi connectivity index (χ0) is 15.0. The maximum Gasteiger partial charge on any atom is 0.207 e. The number of fused-ring (bicyclic) bond motifs is 1. The Morgan fingerprint density at radius 3 is 2.71 bits per heavy atom. The van der Waals surface area contributed by atoms with E-state index in [1.165, 1.54) is 0 Å². The molecule has 3 aromatic rings. The number of nitrogens with zero attached hydrogens (tertiary/aromatic N) is 1. The van der Waals surface area contributed by atoms with Gasteiger partial charge in [0.05, 0.1) is 12.8 Å². The summed E-state index contributed by atoms with van der Waals surface area (Å²) in [5.41, 5.74) is 1.85. The SMILES string of the molecule is COc1cc(C)c(Cl)cc1N(C)c1occ2ccccc12. The molecule has 0 saturated heterocycles. The zero-order valence-electron chi connectivity index (χ0n) is 12.2. The molecule has 0 bridgehead atoms. The predicted molar refractivity (Wildman–Crippen MR) is 87.0 cm³/mol. The van der Waals surface area contributed by atoms with E-state index in [1.807, 2.05) is 55.3 Å². The summed E-state index contributed by atoms with van der Waals surface area (Å²) in [4.78, 5) is 1.95. The van der Waals surface area contributed by atoms with Gasteiger partial charge in [-0.05, 0) is 30.7 Å². The van der Waals surface area contributed by atoms with Crippen LogP contribution in [0.4, 0.5) is 11.6 Å². The second kappa shape index (κ2) is 5.34. The largest absolute Gasteiger partial charge is 0.495 e. The van der Waals surface area contributed by atoms with Crippen molar-refractivity contribution < 1.29 is 9.15 Å². The molecule has 0 aliphatic rings. The molecule has 0 unspecified atom stereocenters. The monoisotopic (exact) mass is 301 g/mol. The third-order valence-corrected chi connectivity index (χ3v) is 4.02. The number of hydrogen-bond acceptors (Lipinski definition) is 3. The number of hydrogen-bond donors (Lipinski definition) is 0. The van der Waals surface area contributed by atoms with Crippen molar-refractivity contribution in [1.29, 1.82) is 0 Å². The van der Waals surface area contributed by atoms with E-state index in [4.69, 9.17) is 20.8 Å². The second-order valence-corrected chi connectivity index (χ2v) is 5.37. The first-order valence-electron chi connectivity index (χ1n) is 6.66. The molecular formula is C17H16ClNO2. The van der Waals surface area contributed by atoms with Gasteiger partial charge in [-0.15, -0.1) is 0 Å². The first-order valence-corrected chi connectivity index (χ1v) is 7.03. The van der Waals surface area contributed by atoms with Gasteiger partial charge < -0.3 is 14.1 Å². The fraction of sp³-hybridized carbons (Fsp3) is 0.176. The number of anilines is 2. The fourth-order valence-corrected chi connectivity index (χ4v) is 2.57.